The number of fused-ring (bicyclic) bond motifs is 2. The Morgan fingerprint density at radius 1 is 1.09 bits per heavy atom. The normalized spacial score (nSPS) is 26.0. The molecule has 2 saturated carbocycles. The van der Waals surface area contributed by atoms with E-state index in [0.717, 1.165) is 50.3 Å². The van der Waals surface area contributed by atoms with Crippen LogP contribution in [0.5, 0.6) is 0 Å². The van der Waals surface area contributed by atoms with Crippen molar-refractivity contribution in [2.24, 2.45) is 16.8 Å². The molecule has 4 rings (SSSR count). The highest BCUT2D eigenvalue weighted by molar-refractivity contribution is 14.0. The molecule has 1 aliphatic heterocycles. The summed E-state index contributed by atoms with van der Waals surface area (Å²) in [4.78, 5) is 20.9. The maximum absolute atomic E-state index is 12.1. The van der Waals surface area contributed by atoms with Crippen molar-refractivity contribution in [2.45, 2.75) is 64.1 Å². The van der Waals surface area contributed by atoms with Crippen molar-refractivity contribution >= 4 is 35.8 Å². The van der Waals surface area contributed by atoms with Crippen LogP contribution >= 0.6 is 24.0 Å². The Hall–Kier alpha value is -1.35. The minimum absolute atomic E-state index is 0. The second-order valence-electron chi connectivity index (χ2n) is 10.00. The molecule has 1 saturated heterocycles. The van der Waals surface area contributed by atoms with E-state index < -0.39 is 0 Å². The van der Waals surface area contributed by atoms with Crippen LogP contribution in [-0.4, -0.2) is 67.5 Å². The highest BCUT2D eigenvalue weighted by atomic mass is 127. The Bertz CT molecular complexity index is 790. The summed E-state index contributed by atoms with van der Waals surface area (Å²) in [6, 6.07) is 9.61. The number of hydrogen-bond acceptors (Lipinski definition) is 3. The lowest BCUT2D eigenvalue weighted by atomic mass is 9.95. The third-order valence-corrected chi connectivity index (χ3v) is 7.52. The van der Waals surface area contributed by atoms with Crippen molar-refractivity contribution in [3.05, 3.63) is 35.4 Å². The molecule has 1 aromatic rings. The lowest BCUT2D eigenvalue weighted by Crippen LogP contribution is -2.52. The summed E-state index contributed by atoms with van der Waals surface area (Å²) < 4.78 is 0. The van der Waals surface area contributed by atoms with Gasteiger partial charge in [-0.3, -0.25) is 9.69 Å². The number of halogens is 1. The number of likely N-dealkylation sites (N-methyl/N-ethyl adjacent to an activating group) is 1. The monoisotopic (exact) mass is 553 g/mol. The van der Waals surface area contributed by atoms with Gasteiger partial charge in [0, 0.05) is 45.8 Å². The summed E-state index contributed by atoms with van der Waals surface area (Å²) in [6.07, 6.45) is 7.54. The third kappa shape index (κ3) is 6.59. The van der Waals surface area contributed by atoms with Gasteiger partial charge in [0.2, 0.25) is 5.91 Å². The summed E-state index contributed by atoms with van der Waals surface area (Å²) >= 11 is 0. The largest absolute Gasteiger partial charge is 0.354 e. The molecule has 1 heterocycles. The van der Waals surface area contributed by atoms with Crippen molar-refractivity contribution in [1.82, 2.24) is 20.4 Å². The van der Waals surface area contributed by atoms with E-state index in [1.807, 2.05) is 0 Å². The number of carbonyl (C=O) groups excluding carboxylic acids is 1. The molecule has 2 aliphatic carbocycles. The Labute approximate surface area is 210 Å². The number of likely N-dealkylation sites (tertiary alicyclic amines) is 1. The van der Waals surface area contributed by atoms with Crippen LogP contribution in [0.25, 0.3) is 0 Å². The van der Waals surface area contributed by atoms with Gasteiger partial charge in [0.15, 0.2) is 5.96 Å². The lowest BCUT2D eigenvalue weighted by Gasteiger charge is -2.34. The number of nitrogens with one attached hydrogen (secondary N) is 2. The first-order valence-electron chi connectivity index (χ1n) is 12.0. The molecule has 2 N–H and O–H groups in total. The SMILES string of the molecule is Cc1ccccc1CN1CCC(NC(=NCC(=O)N(C)C)NC2CC3CCC2C3)CC1.I. The van der Waals surface area contributed by atoms with Crippen molar-refractivity contribution < 1.29 is 4.79 Å². The molecule has 0 spiro atoms. The van der Waals surface area contributed by atoms with Gasteiger partial charge in [0.05, 0.1) is 0 Å². The first kappa shape index (κ1) is 25.3. The van der Waals surface area contributed by atoms with Crippen LogP contribution < -0.4 is 10.6 Å². The molecule has 0 aromatic heterocycles. The van der Waals surface area contributed by atoms with E-state index in [1.165, 1.54) is 36.8 Å². The number of benzene rings is 1. The second-order valence-corrected chi connectivity index (χ2v) is 10.00. The minimum atomic E-state index is 0. The first-order valence-corrected chi connectivity index (χ1v) is 12.0. The Morgan fingerprint density at radius 3 is 2.47 bits per heavy atom. The molecule has 178 valence electrons. The maximum Gasteiger partial charge on any atom is 0.243 e. The number of piperidine rings is 1. The molecule has 3 atom stereocenters. The van der Waals surface area contributed by atoms with Crippen LogP contribution in [0, 0.1) is 18.8 Å². The van der Waals surface area contributed by atoms with Gasteiger partial charge in [-0.2, -0.15) is 0 Å². The number of hydrogen-bond donors (Lipinski definition) is 2. The predicted octanol–water partition coefficient (Wildman–Crippen LogP) is 3.39. The smallest absolute Gasteiger partial charge is 0.243 e. The van der Waals surface area contributed by atoms with Crippen LogP contribution in [-0.2, 0) is 11.3 Å². The summed E-state index contributed by atoms with van der Waals surface area (Å²) in [7, 11) is 3.58. The van der Waals surface area contributed by atoms with Crippen molar-refractivity contribution in [3.8, 4) is 0 Å². The van der Waals surface area contributed by atoms with Crippen LogP contribution in [0.15, 0.2) is 29.3 Å². The van der Waals surface area contributed by atoms with Gasteiger partial charge in [-0.25, -0.2) is 4.99 Å². The lowest BCUT2D eigenvalue weighted by molar-refractivity contribution is -0.127. The Morgan fingerprint density at radius 2 is 1.84 bits per heavy atom. The molecule has 3 fully saturated rings. The maximum atomic E-state index is 12.1. The molecular formula is C25H40IN5O. The van der Waals surface area contributed by atoms with E-state index >= 15 is 0 Å². The van der Waals surface area contributed by atoms with E-state index in [0.29, 0.717) is 12.1 Å². The fourth-order valence-electron chi connectivity index (χ4n) is 5.48. The average molecular weight is 554 g/mol. The molecule has 1 aromatic carbocycles. The van der Waals surface area contributed by atoms with E-state index in [9.17, 15) is 4.79 Å². The number of aryl methyl sites for hydroxylation is 1. The second kappa shape index (κ2) is 11.7. The quantitative estimate of drug-likeness (QED) is 0.322. The standard InChI is InChI=1S/C25H39N5O.HI/c1-18-6-4-5-7-21(18)17-30-12-10-22(11-13-30)27-25(26-16-24(31)29(2)3)28-23-15-19-8-9-20(23)14-19;/h4-7,19-20,22-23H,8-17H2,1-3H3,(H2,26,27,28);1H. The van der Waals surface area contributed by atoms with Crippen molar-refractivity contribution in [3.63, 3.8) is 0 Å². The average Bonchev–Trinajstić information content (AvgIpc) is 3.38. The van der Waals surface area contributed by atoms with Gasteiger partial charge < -0.3 is 15.5 Å². The third-order valence-electron chi connectivity index (χ3n) is 7.52. The number of rotatable bonds is 6. The Kier molecular flexibility index (Phi) is 9.22. The van der Waals surface area contributed by atoms with Gasteiger partial charge in [-0.05, 0) is 62.0 Å². The molecular weight excluding hydrogens is 513 g/mol. The van der Waals surface area contributed by atoms with Gasteiger partial charge in [-0.15, -0.1) is 24.0 Å². The molecule has 0 radical (unpaired) electrons. The van der Waals surface area contributed by atoms with Gasteiger partial charge in [0.1, 0.15) is 6.54 Å². The van der Waals surface area contributed by atoms with Crippen LogP contribution in [0.3, 0.4) is 0 Å². The highest BCUT2D eigenvalue weighted by Gasteiger charge is 2.40. The molecule has 2 bridgehead atoms. The zero-order chi connectivity index (χ0) is 21.8. The number of amides is 1. The molecule has 7 heteroatoms. The van der Waals surface area contributed by atoms with E-state index in [1.54, 1.807) is 19.0 Å². The summed E-state index contributed by atoms with van der Waals surface area (Å²) in [6.45, 7) is 5.60. The fourth-order valence-corrected chi connectivity index (χ4v) is 5.48. The number of nitrogens with zero attached hydrogens (tertiary/aromatic N) is 3. The molecule has 6 nitrogen and oxygen atoms in total. The fraction of sp³-hybridized carbons (Fsp3) is 0.680. The zero-order valence-electron chi connectivity index (χ0n) is 19.8. The summed E-state index contributed by atoms with van der Waals surface area (Å²) in [5.41, 5.74) is 2.80. The Balaban J connectivity index is 0.00000289. The van der Waals surface area contributed by atoms with Crippen LogP contribution in [0.1, 0.15) is 49.7 Å². The van der Waals surface area contributed by atoms with Crippen LogP contribution in [0.2, 0.25) is 0 Å². The predicted molar refractivity (Wildman–Crippen MR) is 141 cm³/mol. The zero-order valence-corrected chi connectivity index (χ0v) is 22.2. The minimum Gasteiger partial charge on any atom is -0.354 e. The molecule has 1 amide bonds. The van der Waals surface area contributed by atoms with Crippen molar-refractivity contribution in [1.29, 1.82) is 0 Å². The number of carbonyl (C=O) groups is 1. The summed E-state index contributed by atoms with van der Waals surface area (Å²) in [5.74, 6) is 2.54. The van der Waals surface area contributed by atoms with E-state index in [2.05, 4.69) is 51.7 Å². The number of aliphatic imine (C=N–C) groups is 1. The van der Waals surface area contributed by atoms with Gasteiger partial charge >= 0.3 is 0 Å². The van der Waals surface area contributed by atoms with Crippen LogP contribution in [0.4, 0.5) is 0 Å². The molecule has 3 unspecified atom stereocenters. The van der Waals surface area contributed by atoms with Gasteiger partial charge in [0.25, 0.3) is 0 Å². The first-order chi connectivity index (χ1) is 15.0. The highest BCUT2D eigenvalue weighted by Crippen LogP contribution is 2.44. The molecule has 3 aliphatic rings. The van der Waals surface area contributed by atoms with E-state index in [-0.39, 0.29) is 36.4 Å². The number of guanidine groups is 1. The van der Waals surface area contributed by atoms with E-state index in [4.69, 9.17) is 0 Å². The van der Waals surface area contributed by atoms with Gasteiger partial charge in [-0.1, -0.05) is 30.7 Å². The summed E-state index contributed by atoms with van der Waals surface area (Å²) in [5, 5.41) is 7.38. The topological polar surface area (TPSA) is 60.0 Å². The van der Waals surface area contributed by atoms with Crippen molar-refractivity contribution in [2.75, 3.05) is 33.7 Å². The molecule has 32 heavy (non-hydrogen) atoms.